The van der Waals surface area contributed by atoms with Crippen molar-refractivity contribution in [1.29, 1.82) is 0 Å². The number of anilines is 1. The molecule has 0 saturated heterocycles. The number of aromatic nitrogens is 1. The highest BCUT2D eigenvalue weighted by Gasteiger charge is 2.15. The molecule has 0 bridgehead atoms. The third kappa shape index (κ3) is 5.41. The highest BCUT2D eigenvalue weighted by Crippen LogP contribution is 2.22. The van der Waals surface area contributed by atoms with E-state index in [9.17, 15) is 21.6 Å². The van der Waals surface area contributed by atoms with Crippen LogP contribution in [0.3, 0.4) is 0 Å². The summed E-state index contributed by atoms with van der Waals surface area (Å²) in [5, 5.41) is 5.23. The van der Waals surface area contributed by atoms with Crippen LogP contribution in [0.2, 0.25) is 0 Å². The van der Waals surface area contributed by atoms with Crippen LogP contribution < -0.4 is 14.7 Å². The second-order valence-electron chi connectivity index (χ2n) is 7.37. The Morgan fingerprint density at radius 1 is 1.00 bits per heavy atom. The van der Waals surface area contributed by atoms with Gasteiger partial charge in [-0.05, 0) is 54.6 Å². The maximum absolute atomic E-state index is 12.8. The van der Waals surface area contributed by atoms with Gasteiger partial charge in [-0.3, -0.25) is 9.52 Å². The first-order valence-corrected chi connectivity index (χ1v) is 14.0. The number of sulfonamides is 2. The zero-order valence-electron chi connectivity index (χ0n) is 18.2. The van der Waals surface area contributed by atoms with E-state index in [4.69, 9.17) is 5.14 Å². The predicted octanol–water partition coefficient (Wildman–Crippen LogP) is 3.08. The number of carbonyl (C=O) groups is 1. The molecule has 0 spiro atoms. The van der Waals surface area contributed by atoms with Gasteiger partial charge in [-0.15, -0.1) is 6.58 Å². The lowest BCUT2D eigenvalue weighted by Crippen LogP contribution is -2.16. The average Bonchev–Trinajstić information content (AvgIpc) is 3.16. The van der Waals surface area contributed by atoms with E-state index in [1.54, 1.807) is 34.9 Å². The first-order chi connectivity index (χ1) is 16.6. The second kappa shape index (κ2) is 9.58. The Morgan fingerprint density at radius 2 is 1.69 bits per heavy atom. The zero-order chi connectivity index (χ0) is 25.2. The molecule has 3 N–H and O–H groups in total. The molecule has 4 rings (SSSR count). The highest BCUT2D eigenvalue weighted by molar-refractivity contribution is 7.92. The molecule has 0 aliphatic carbocycles. The predicted molar refractivity (Wildman–Crippen MR) is 135 cm³/mol. The highest BCUT2D eigenvalue weighted by atomic mass is 32.2. The van der Waals surface area contributed by atoms with Gasteiger partial charge in [-0.1, -0.05) is 35.6 Å². The minimum absolute atomic E-state index is 0.0385. The van der Waals surface area contributed by atoms with Crippen LogP contribution >= 0.6 is 11.3 Å². The van der Waals surface area contributed by atoms with Gasteiger partial charge in [0.1, 0.15) is 0 Å². The van der Waals surface area contributed by atoms with Gasteiger partial charge < -0.3 is 4.57 Å². The molecular weight excluding hydrogens is 508 g/mol. The summed E-state index contributed by atoms with van der Waals surface area (Å²) in [4.78, 5) is 17.5. The second-order valence-corrected chi connectivity index (χ2v) is 11.6. The number of allylic oxidation sites excluding steroid dienone is 1. The molecule has 12 heteroatoms. The van der Waals surface area contributed by atoms with Gasteiger partial charge in [-0.25, -0.2) is 22.0 Å². The van der Waals surface area contributed by atoms with Crippen LogP contribution in [0.15, 0.2) is 100 Å². The van der Waals surface area contributed by atoms with E-state index in [-0.39, 0.29) is 15.4 Å². The van der Waals surface area contributed by atoms with Gasteiger partial charge in [0.05, 0.1) is 20.0 Å². The average molecular weight is 529 g/mol. The first kappa shape index (κ1) is 24.5. The molecule has 1 heterocycles. The molecule has 0 aliphatic heterocycles. The molecule has 0 aliphatic rings. The normalized spacial score (nSPS) is 12.5. The molecule has 1 amide bonds. The van der Waals surface area contributed by atoms with Crippen LogP contribution in [0.1, 0.15) is 10.4 Å². The summed E-state index contributed by atoms with van der Waals surface area (Å²) in [7, 11) is -7.64. The Balaban J connectivity index is 1.65. The van der Waals surface area contributed by atoms with Gasteiger partial charge in [0, 0.05) is 17.8 Å². The fourth-order valence-electron chi connectivity index (χ4n) is 3.27. The van der Waals surface area contributed by atoms with E-state index in [0.717, 1.165) is 11.3 Å². The van der Waals surface area contributed by atoms with E-state index in [0.29, 0.717) is 27.3 Å². The number of rotatable bonds is 7. The topological polar surface area (TPSA) is 141 Å². The number of hydrogen-bond donors (Lipinski definition) is 2. The minimum Gasteiger partial charge on any atom is -0.312 e. The molecule has 0 atom stereocenters. The Kier molecular flexibility index (Phi) is 6.72. The molecular formula is C23H20N4O5S3. The van der Waals surface area contributed by atoms with Crippen molar-refractivity contribution in [1.82, 2.24) is 4.57 Å². The quantitative estimate of drug-likeness (QED) is 0.355. The van der Waals surface area contributed by atoms with Gasteiger partial charge in [-0.2, -0.15) is 4.99 Å². The van der Waals surface area contributed by atoms with Crippen molar-refractivity contribution in [2.75, 3.05) is 4.72 Å². The minimum atomic E-state index is -3.88. The third-order valence-electron chi connectivity index (χ3n) is 4.93. The standard InChI is InChI=1S/C23H20N4O5S3/c1-2-14-27-20-13-12-19(34(24,29)30)15-21(20)33-23(27)25-22(28)16-8-10-17(11-9-16)26-35(31,32)18-6-4-3-5-7-18/h2-13,15,26H,1,14H2,(H2,24,29,30). The summed E-state index contributed by atoms with van der Waals surface area (Å²) in [5.41, 5.74) is 1.23. The number of benzene rings is 3. The summed E-state index contributed by atoms with van der Waals surface area (Å²) in [6.07, 6.45) is 1.64. The summed E-state index contributed by atoms with van der Waals surface area (Å²) >= 11 is 1.14. The van der Waals surface area contributed by atoms with Crippen LogP contribution in [-0.2, 0) is 26.6 Å². The van der Waals surface area contributed by atoms with Crippen LogP contribution in [0.4, 0.5) is 5.69 Å². The number of thiazole rings is 1. The van der Waals surface area contributed by atoms with Gasteiger partial charge in [0.15, 0.2) is 4.80 Å². The first-order valence-electron chi connectivity index (χ1n) is 10.1. The molecule has 0 saturated carbocycles. The van der Waals surface area contributed by atoms with Crippen molar-refractivity contribution in [3.8, 4) is 0 Å². The Hall–Kier alpha value is -3.58. The summed E-state index contributed by atoms with van der Waals surface area (Å²) in [6.45, 7) is 4.07. The zero-order valence-corrected chi connectivity index (χ0v) is 20.6. The number of fused-ring (bicyclic) bond motifs is 1. The fraction of sp³-hybridized carbons (Fsp3) is 0.0435. The number of carbonyl (C=O) groups excluding carboxylic acids is 1. The molecule has 3 aromatic carbocycles. The lowest BCUT2D eigenvalue weighted by molar-refractivity contribution is 0.0998. The van der Waals surface area contributed by atoms with Crippen LogP contribution in [-0.4, -0.2) is 27.3 Å². The number of nitrogens with one attached hydrogen (secondary N) is 1. The molecule has 9 nitrogen and oxygen atoms in total. The Morgan fingerprint density at radius 3 is 2.31 bits per heavy atom. The summed E-state index contributed by atoms with van der Waals surface area (Å²) in [5.74, 6) is -0.543. The Labute approximate surface area is 206 Å². The molecule has 35 heavy (non-hydrogen) atoms. The van der Waals surface area contributed by atoms with Crippen molar-refractivity contribution in [3.63, 3.8) is 0 Å². The number of nitrogens with two attached hydrogens (primary N) is 1. The largest absolute Gasteiger partial charge is 0.312 e. The smallest absolute Gasteiger partial charge is 0.279 e. The van der Waals surface area contributed by atoms with Crippen molar-refractivity contribution in [2.24, 2.45) is 10.1 Å². The molecule has 1 aromatic heterocycles. The number of primary sulfonamides is 1. The van der Waals surface area contributed by atoms with Gasteiger partial charge in [0.2, 0.25) is 10.0 Å². The van der Waals surface area contributed by atoms with Crippen molar-refractivity contribution in [2.45, 2.75) is 16.3 Å². The molecule has 4 aromatic rings. The SMILES string of the molecule is C=CCn1c(=NC(=O)c2ccc(NS(=O)(=O)c3ccccc3)cc2)sc2cc(S(N)(=O)=O)ccc21. The monoisotopic (exact) mass is 528 g/mol. The Bertz CT molecular complexity index is 1700. The fourth-order valence-corrected chi connectivity index (χ4v) is 6.04. The maximum atomic E-state index is 12.8. The van der Waals surface area contributed by atoms with E-state index >= 15 is 0 Å². The molecule has 0 fully saturated rings. The number of amides is 1. The lowest BCUT2D eigenvalue weighted by atomic mass is 10.2. The summed E-state index contributed by atoms with van der Waals surface area (Å²) in [6, 6.07) is 18.3. The summed E-state index contributed by atoms with van der Waals surface area (Å²) < 4.78 is 53.1. The molecule has 0 unspecified atom stereocenters. The van der Waals surface area contributed by atoms with Crippen molar-refractivity contribution >= 4 is 53.2 Å². The van der Waals surface area contributed by atoms with Gasteiger partial charge >= 0.3 is 0 Å². The third-order valence-corrected chi connectivity index (χ3v) is 8.28. The van der Waals surface area contributed by atoms with Crippen molar-refractivity contribution in [3.05, 3.63) is 95.8 Å². The van der Waals surface area contributed by atoms with Crippen LogP contribution in [0.25, 0.3) is 10.2 Å². The molecule has 180 valence electrons. The van der Waals surface area contributed by atoms with E-state index in [1.807, 2.05) is 0 Å². The van der Waals surface area contributed by atoms with E-state index < -0.39 is 26.0 Å². The molecule has 0 radical (unpaired) electrons. The van der Waals surface area contributed by atoms with Crippen molar-refractivity contribution < 1.29 is 21.6 Å². The lowest BCUT2D eigenvalue weighted by Gasteiger charge is -2.08. The van der Waals surface area contributed by atoms with Gasteiger partial charge in [0.25, 0.3) is 15.9 Å². The van der Waals surface area contributed by atoms with E-state index in [1.165, 1.54) is 48.5 Å². The van der Waals surface area contributed by atoms with E-state index in [2.05, 4.69) is 16.3 Å². The van der Waals surface area contributed by atoms with Crippen LogP contribution in [0, 0.1) is 0 Å². The maximum Gasteiger partial charge on any atom is 0.279 e. The number of hydrogen-bond acceptors (Lipinski definition) is 6. The number of nitrogens with zero attached hydrogens (tertiary/aromatic N) is 2. The van der Waals surface area contributed by atoms with Crippen LogP contribution in [0.5, 0.6) is 0 Å².